The Balaban J connectivity index is 2.08. The van der Waals surface area contributed by atoms with Crippen LogP contribution in [0.15, 0.2) is 40.9 Å². The van der Waals surface area contributed by atoms with Gasteiger partial charge in [0.05, 0.1) is 16.6 Å². The van der Waals surface area contributed by atoms with Crippen molar-refractivity contribution in [1.29, 1.82) is 0 Å². The van der Waals surface area contributed by atoms with Crippen LogP contribution in [0.1, 0.15) is 22.8 Å². The van der Waals surface area contributed by atoms with Gasteiger partial charge < -0.3 is 9.47 Å². The third-order valence-electron chi connectivity index (χ3n) is 2.84. The molecule has 116 valence electrons. The highest BCUT2D eigenvalue weighted by molar-refractivity contribution is 9.10. The molecule has 0 saturated heterocycles. The molecular weight excluding hydrogens is 391 g/mol. The zero-order valence-electron chi connectivity index (χ0n) is 11.7. The Kier molecular flexibility index (Phi) is 6.12. The molecule has 0 atom stereocenters. The van der Waals surface area contributed by atoms with Gasteiger partial charge in [-0.1, -0.05) is 29.3 Å². The lowest BCUT2D eigenvalue weighted by atomic mass is 10.2. The second-order valence-corrected chi connectivity index (χ2v) is 6.09. The second-order valence-electron chi connectivity index (χ2n) is 4.39. The summed E-state index contributed by atoms with van der Waals surface area (Å²) in [4.78, 5) is 11.7. The summed E-state index contributed by atoms with van der Waals surface area (Å²) in [6.07, 6.45) is 0. The molecule has 0 fully saturated rings. The number of ether oxygens (including phenoxy) is 2. The Morgan fingerprint density at radius 2 is 1.95 bits per heavy atom. The van der Waals surface area contributed by atoms with Crippen LogP contribution in [-0.2, 0) is 11.3 Å². The minimum Gasteiger partial charge on any atom is -0.488 e. The van der Waals surface area contributed by atoms with E-state index in [0.717, 1.165) is 5.56 Å². The third-order valence-corrected chi connectivity index (χ3v) is 4.05. The molecule has 2 aromatic carbocycles. The summed E-state index contributed by atoms with van der Waals surface area (Å²) in [7, 11) is 0. The van der Waals surface area contributed by atoms with Crippen LogP contribution in [0, 0.1) is 0 Å². The largest absolute Gasteiger partial charge is 0.488 e. The van der Waals surface area contributed by atoms with Crippen molar-refractivity contribution in [2.24, 2.45) is 0 Å². The van der Waals surface area contributed by atoms with Crippen molar-refractivity contribution in [3.8, 4) is 5.75 Å². The predicted molar refractivity (Wildman–Crippen MR) is 90.9 cm³/mol. The van der Waals surface area contributed by atoms with Gasteiger partial charge in [-0.05, 0) is 53.2 Å². The third kappa shape index (κ3) is 4.38. The molecule has 2 aromatic rings. The van der Waals surface area contributed by atoms with Gasteiger partial charge in [0, 0.05) is 15.6 Å². The van der Waals surface area contributed by atoms with Crippen molar-refractivity contribution in [2.75, 3.05) is 6.61 Å². The second kappa shape index (κ2) is 7.86. The van der Waals surface area contributed by atoms with E-state index in [1.165, 1.54) is 0 Å². The zero-order valence-corrected chi connectivity index (χ0v) is 14.8. The minimum absolute atomic E-state index is 0.299. The van der Waals surface area contributed by atoms with E-state index in [1.54, 1.807) is 37.3 Å². The van der Waals surface area contributed by atoms with Crippen LogP contribution in [0.3, 0.4) is 0 Å². The quantitative estimate of drug-likeness (QED) is 0.617. The molecule has 0 N–H and O–H groups in total. The number of rotatable bonds is 5. The van der Waals surface area contributed by atoms with Gasteiger partial charge in [0.1, 0.15) is 12.4 Å². The molecule has 0 aliphatic rings. The van der Waals surface area contributed by atoms with E-state index in [2.05, 4.69) is 15.9 Å². The summed E-state index contributed by atoms with van der Waals surface area (Å²) in [5, 5.41) is 1.13. The standard InChI is InChI=1S/C16H13BrCl2O3/c1-2-21-16(20)10-4-6-15(13(17)7-10)22-9-11-3-5-12(18)8-14(11)19/h3-8H,2,9H2,1H3. The number of hydrogen-bond donors (Lipinski definition) is 0. The van der Waals surface area contributed by atoms with Crippen molar-refractivity contribution in [3.63, 3.8) is 0 Å². The molecule has 0 unspecified atom stereocenters. The maximum atomic E-state index is 11.7. The smallest absolute Gasteiger partial charge is 0.338 e. The molecule has 3 nitrogen and oxygen atoms in total. The average Bonchev–Trinajstić information content (AvgIpc) is 2.47. The molecule has 0 saturated carbocycles. The Bertz CT molecular complexity index is 689. The number of esters is 1. The van der Waals surface area contributed by atoms with Crippen LogP contribution in [0.5, 0.6) is 5.75 Å². The molecule has 6 heteroatoms. The number of hydrogen-bond acceptors (Lipinski definition) is 3. The van der Waals surface area contributed by atoms with Crippen LogP contribution in [0.2, 0.25) is 10.0 Å². The number of carbonyl (C=O) groups is 1. The fraction of sp³-hybridized carbons (Fsp3) is 0.188. The van der Waals surface area contributed by atoms with Gasteiger partial charge in [-0.3, -0.25) is 0 Å². The molecule has 22 heavy (non-hydrogen) atoms. The maximum absolute atomic E-state index is 11.7. The van der Waals surface area contributed by atoms with Crippen molar-refractivity contribution >= 4 is 45.1 Å². The van der Waals surface area contributed by atoms with Crippen LogP contribution in [0.4, 0.5) is 0 Å². The van der Waals surface area contributed by atoms with E-state index in [4.69, 9.17) is 32.7 Å². The molecule has 0 bridgehead atoms. The van der Waals surface area contributed by atoms with Gasteiger partial charge in [-0.2, -0.15) is 0 Å². The van der Waals surface area contributed by atoms with Crippen molar-refractivity contribution in [2.45, 2.75) is 13.5 Å². The van der Waals surface area contributed by atoms with Gasteiger partial charge in [-0.15, -0.1) is 0 Å². The molecule has 2 rings (SSSR count). The maximum Gasteiger partial charge on any atom is 0.338 e. The molecule has 0 aliphatic carbocycles. The van der Waals surface area contributed by atoms with E-state index in [-0.39, 0.29) is 5.97 Å². The van der Waals surface area contributed by atoms with Gasteiger partial charge in [0.15, 0.2) is 0 Å². The molecule has 0 aromatic heterocycles. The van der Waals surface area contributed by atoms with E-state index in [9.17, 15) is 4.79 Å². The fourth-order valence-electron chi connectivity index (χ4n) is 1.75. The molecule has 0 spiro atoms. The highest BCUT2D eigenvalue weighted by Crippen LogP contribution is 2.28. The molecule has 0 heterocycles. The lowest BCUT2D eigenvalue weighted by molar-refractivity contribution is 0.0526. The monoisotopic (exact) mass is 402 g/mol. The Morgan fingerprint density at radius 3 is 2.59 bits per heavy atom. The van der Waals surface area contributed by atoms with E-state index in [0.29, 0.717) is 39.0 Å². The average molecular weight is 404 g/mol. The summed E-state index contributed by atoms with van der Waals surface area (Å²) in [6, 6.07) is 10.3. The molecule has 0 amide bonds. The van der Waals surface area contributed by atoms with Crippen LogP contribution >= 0.6 is 39.1 Å². The van der Waals surface area contributed by atoms with Gasteiger partial charge in [-0.25, -0.2) is 4.79 Å². The minimum atomic E-state index is -0.365. The van der Waals surface area contributed by atoms with Gasteiger partial charge in [0.2, 0.25) is 0 Å². The van der Waals surface area contributed by atoms with E-state index in [1.807, 2.05) is 6.07 Å². The summed E-state index contributed by atoms with van der Waals surface area (Å²) >= 11 is 15.3. The topological polar surface area (TPSA) is 35.5 Å². The number of carbonyl (C=O) groups excluding carboxylic acids is 1. The number of halogens is 3. The van der Waals surface area contributed by atoms with E-state index < -0.39 is 0 Å². The van der Waals surface area contributed by atoms with E-state index >= 15 is 0 Å². The van der Waals surface area contributed by atoms with Crippen LogP contribution < -0.4 is 4.74 Å². The zero-order chi connectivity index (χ0) is 16.1. The summed E-state index contributed by atoms with van der Waals surface area (Å²) in [6.45, 7) is 2.40. The summed E-state index contributed by atoms with van der Waals surface area (Å²) in [5.41, 5.74) is 1.29. The first-order valence-corrected chi connectivity index (χ1v) is 8.09. The SMILES string of the molecule is CCOC(=O)c1ccc(OCc2ccc(Cl)cc2Cl)c(Br)c1. The predicted octanol–water partition coefficient (Wildman–Crippen LogP) is 5.51. The first kappa shape index (κ1) is 17.1. The lowest BCUT2D eigenvalue weighted by Gasteiger charge is -2.11. The van der Waals surface area contributed by atoms with Gasteiger partial charge in [0.25, 0.3) is 0 Å². The Labute approximate surface area is 147 Å². The van der Waals surface area contributed by atoms with Gasteiger partial charge >= 0.3 is 5.97 Å². The molecule has 0 radical (unpaired) electrons. The van der Waals surface area contributed by atoms with Crippen molar-refractivity contribution in [3.05, 3.63) is 62.0 Å². The molecular formula is C16H13BrCl2O3. The Hall–Kier alpha value is -1.23. The van der Waals surface area contributed by atoms with Crippen molar-refractivity contribution < 1.29 is 14.3 Å². The first-order valence-electron chi connectivity index (χ1n) is 6.54. The number of benzene rings is 2. The highest BCUT2D eigenvalue weighted by Gasteiger charge is 2.10. The fourth-order valence-corrected chi connectivity index (χ4v) is 2.71. The normalized spacial score (nSPS) is 10.4. The molecule has 0 aliphatic heterocycles. The Morgan fingerprint density at radius 1 is 1.18 bits per heavy atom. The lowest BCUT2D eigenvalue weighted by Crippen LogP contribution is -2.05. The van der Waals surface area contributed by atoms with Crippen molar-refractivity contribution in [1.82, 2.24) is 0 Å². The van der Waals surface area contributed by atoms with Crippen LogP contribution in [-0.4, -0.2) is 12.6 Å². The first-order chi connectivity index (χ1) is 10.5. The summed E-state index contributed by atoms with van der Waals surface area (Å²) in [5.74, 6) is 0.245. The highest BCUT2D eigenvalue weighted by atomic mass is 79.9. The summed E-state index contributed by atoms with van der Waals surface area (Å²) < 4.78 is 11.3. The van der Waals surface area contributed by atoms with Crippen LogP contribution in [0.25, 0.3) is 0 Å².